The Balaban J connectivity index is 2.04. The van der Waals surface area contributed by atoms with Crippen molar-refractivity contribution in [3.05, 3.63) is 48.2 Å². The fraction of sp³-hybridized carbons (Fsp3) is 0.294. The van der Waals surface area contributed by atoms with Gasteiger partial charge in [-0.15, -0.1) is 11.8 Å². The van der Waals surface area contributed by atoms with Crippen molar-refractivity contribution in [2.45, 2.75) is 18.7 Å². The molecule has 1 amide bonds. The van der Waals surface area contributed by atoms with Crippen molar-refractivity contribution < 1.29 is 4.79 Å². The van der Waals surface area contributed by atoms with Gasteiger partial charge in [0, 0.05) is 23.5 Å². The summed E-state index contributed by atoms with van der Waals surface area (Å²) in [6.07, 6.45) is 3.71. The van der Waals surface area contributed by atoms with Gasteiger partial charge in [0.1, 0.15) is 5.82 Å². The van der Waals surface area contributed by atoms with Crippen molar-refractivity contribution in [1.29, 1.82) is 0 Å². The maximum absolute atomic E-state index is 12.2. The molecule has 5 heteroatoms. The number of anilines is 2. The highest BCUT2D eigenvalue weighted by Crippen LogP contribution is 2.17. The largest absolute Gasteiger partial charge is 0.357 e. The number of amides is 1. The lowest BCUT2D eigenvalue weighted by atomic mass is 10.2. The van der Waals surface area contributed by atoms with E-state index in [1.54, 1.807) is 18.0 Å². The zero-order valence-corrected chi connectivity index (χ0v) is 14.0. The number of hydrogen-bond acceptors (Lipinski definition) is 4. The van der Waals surface area contributed by atoms with Gasteiger partial charge in [-0.25, -0.2) is 4.98 Å². The first-order chi connectivity index (χ1) is 10.7. The van der Waals surface area contributed by atoms with Crippen molar-refractivity contribution in [2.75, 3.05) is 29.6 Å². The van der Waals surface area contributed by atoms with Gasteiger partial charge in [0.2, 0.25) is 0 Å². The Hall–Kier alpha value is -2.01. The highest BCUT2D eigenvalue weighted by atomic mass is 32.2. The molecule has 1 heterocycles. The molecule has 1 N–H and O–H groups in total. The lowest BCUT2D eigenvalue weighted by molar-refractivity contribution is 0.102. The maximum atomic E-state index is 12.2. The van der Waals surface area contributed by atoms with Gasteiger partial charge in [0.25, 0.3) is 5.91 Å². The highest BCUT2D eigenvalue weighted by molar-refractivity contribution is 7.98. The highest BCUT2D eigenvalue weighted by Gasteiger charge is 2.07. The molecule has 4 nitrogen and oxygen atoms in total. The predicted octanol–water partition coefficient (Wildman–Crippen LogP) is 3.90. The van der Waals surface area contributed by atoms with Crippen LogP contribution in [0, 0.1) is 0 Å². The number of pyridine rings is 1. The molecule has 0 bridgehead atoms. The summed E-state index contributed by atoms with van der Waals surface area (Å²) in [7, 11) is 0. The minimum atomic E-state index is -0.120. The summed E-state index contributed by atoms with van der Waals surface area (Å²) >= 11 is 1.66. The minimum Gasteiger partial charge on any atom is -0.357 e. The topological polar surface area (TPSA) is 45.2 Å². The van der Waals surface area contributed by atoms with Crippen LogP contribution in [0.4, 0.5) is 11.5 Å². The van der Waals surface area contributed by atoms with Crippen LogP contribution in [-0.4, -0.2) is 30.2 Å². The third-order valence-corrected chi connectivity index (χ3v) is 4.19. The average Bonchev–Trinajstić information content (AvgIpc) is 2.57. The lowest BCUT2D eigenvalue weighted by Gasteiger charge is -2.19. The number of thioether (sulfide) groups is 1. The van der Waals surface area contributed by atoms with Gasteiger partial charge in [-0.2, -0.15) is 0 Å². The predicted molar refractivity (Wildman–Crippen MR) is 94.0 cm³/mol. The van der Waals surface area contributed by atoms with Gasteiger partial charge >= 0.3 is 0 Å². The van der Waals surface area contributed by atoms with Crippen LogP contribution >= 0.6 is 11.8 Å². The molecule has 0 saturated heterocycles. The quantitative estimate of drug-likeness (QED) is 0.821. The summed E-state index contributed by atoms with van der Waals surface area (Å²) < 4.78 is 0. The van der Waals surface area contributed by atoms with Crippen LogP contribution in [0.15, 0.2) is 47.5 Å². The second kappa shape index (κ2) is 7.84. The number of aromatic nitrogens is 1. The zero-order chi connectivity index (χ0) is 15.9. The molecule has 0 unspecified atom stereocenters. The Kier molecular flexibility index (Phi) is 5.83. The smallest absolute Gasteiger partial charge is 0.255 e. The van der Waals surface area contributed by atoms with Gasteiger partial charge in [-0.3, -0.25) is 4.79 Å². The van der Waals surface area contributed by atoms with Gasteiger partial charge in [-0.05, 0) is 56.5 Å². The molecule has 0 saturated carbocycles. The normalized spacial score (nSPS) is 10.3. The molecule has 2 aromatic rings. The molecule has 22 heavy (non-hydrogen) atoms. The van der Waals surface area contributed by atoms with Crippen LogP contribution in [0.25, 0.3) is 0 Å². The van der Waals surface area contributed by atoms with E-state index in [1.165, 1.54) is 0 Å². The molecule has 2 rings (SSSR count). The van der Waals surface area contributed by atoms with E-state index < -0.39 is 0 Å². The zero-order valence-electron chi connectivity index (χ0n) is 13.2. The second-order valence-corrected chi connectivity index (χ2v) is 5.64. The van der Waals surface area contributed by atoms with Gasteiger partial charge in [0.05, 0.1) is 11.9 Å². The average molecular weight is 315 g/mol. The van der Waals surface area contributed by atoms with Gasteiger partial charge in [-0.1, -0.05) is 0 Å². The number of carbonyl (C=O) groups is 1. The van der Waals surface area contributed by atoms with Crippen molar-refractivity contribution >= 4 is 29.2 Å². The molecule has 1 aromatic carbocycles. The van der Waals surface area contributed by atoms with Crippen LogP contribution in [0.1, 0.15) is 24.2 Å². The molecule has 0 fully saturated rings. The minimum absolute atomic E-state index is 0.120. The van der Waals surface area contributed by atoms with E-state index in [9.17, 15) is 4.79 Å². The molecular formula is C17H21N3OS. The van der Waals surface area contributed by atoms with Crippen LogP contribution in [0.3, 0.4) is 0 Å². The van der Waals surface area contributed by atoms with Crippen molar-refractivity contribution in [2.24, 2.45) is 0 Å². The Labute approximate surface area is 135 Å². The number of carbonyl (C=O) groups excluding carboxylic acids is 1. The number of nitrogens with zero attached hydrogens (tertiary/aromatic N) is 2. The molecule has 0 aliphatic carbocycles. The van der Waals surface area contributed by atoms with Crippen molar-refractivity contribution in [1.82, 2.24) is 4.98 Å². The summed E-state index contributed by atoms with van der Waals surface area (Å²) in [5.74, 6) is 0.803. The monoisotopic (exact) mass is 315 g/mol. The van der Waals surface area contributed by atoms with E-state index in [2.05, 4.69) is 29.0 Å². The Morgan fingerprint density at radius 1 is 1.14 bits per heavy atom. The van der Waals surface area contributed by atoms with Gasteiger partial charge < -0.3 is 10.2 Å². The molecule has 1 aromatic heterocycles. The molecule has 0 aliphatic rings. The molecule has 0 atom stereocenters. The number of nitrogens with one attached hydrogen (secondary N) is 1. The second-order valence-electron chi connectivity index (χ2n) is 4.76. The molecule has 0 aliphatic heterocycles. The summed E-state index contributed by atoms with van der Waals surface area (Å²) in [4.78, 5) is 19.9. The first-order valence-corrected chi connectivity index (χ1v) is 8.56. The fourth-order valence-corrected chi connectivity index (χ4v) is 2.55. The maximum Gasteiger partial charge on any atom is 0.255 e. The number of rotatable bonds is 6. The first-order valence-electron chi connectivity index (χ1n) is 7.34. The van der Waals surface area contributed by atoms with E-state index in [0.717, 1.165) is 23.8 Å². The lowest BCUT2D eigenvalue weighted by Crippen LogP contribution is -2.22. The van der Waals surface area contributed by atoms with E-state index in [-0.39, 0.29) is 5.91 Å². The van der Waals surface area contributed by atoms with Crippen LogP contribution in [0.2, 0.25) is 0 Å². The van der Waals surface area contributed by atoms with Gasteiger partial charge in [0.15, 0.2) is 0 Å². The summed E-state index contributed by atoms with van der Waals surface area (Å²) in [5.41, 5.74) is 1.35. The molecule has 116 valence electrons. The number of hydrogen-bond donors (Lipinski definition) is 1. The fourth-order valence-electron chi connectivity index (χ4n) is 2.14. The summed E-state index contributed by atoms with van der Waals surface area (Å²) in [6, 6.07) is 11.4. The Bertz CT molecular complexity index is 607. The van der Waals surface area contributed by atoms with Crippen molar-refractivity contribution in [3.8, 4) is 0 Å². The summed E-state index contributed by atoms with van der Waals surface area (Å²) in [5, 5.41) is 2.87. The van der Waals surface area contributed by atoms with Crippen LogP contribution in [-0.2, 0) is 0 Å². The van der Waals surface area contributed by atoms with Crippen LogP contribution in [0.5, 0.6) is 0 Å². The SMILES string of the molecule is CCN(CC)c1ccc(NC(=O)c2ccc(SC)cc2)cn1. The van der Waals surface area contributed by atoms with E-state index in [1.807, 2.05) is 42.7 Å². The van der Waals surface area contributed by atoms with Crippen molar-refractivity contribution in [3.63, 3.8) is 0 Å². The van der Waals surface area contributed by atoms with Crippen LogP contribution < -0.4 is 10.2 Å². The standard InChI is InChI=1S/C17H21N3OS/c1-4-20(5-2)16-11-8-14(12-18-16)19-17(21)13-6-9-15(22-3)10-7-13/h6-12H,4-5H2,1-3H3,(H,19,21). The third kappa shape index (κ3) is 4.01. The van der Waals surface area contributed by atoms with E-state index in [4.69, 9.17) is 0 Å². The van der Waals surface area contributed by atoms with E-state index >= 15 is 0 Å². The first kappa shape index (κ1) is 16.4. The Morgan fingerprint density at radius 2 is 1.82 bits per heavy atom. The summed E-state index contributed by atoms with van der Waals surface area (Å²) in [6.45, 7) is 6.02. The molecule has 0 spiro atoms. The third-order valence-electron chi connectivity index (χ3n) is 3.45. The van der Waals surface area contributed by atoms with E-state index in [0.29, 0.717) is 11.3 Å². The molecule has 0 radical (unpaired) electrons. The number of benzene rings is 1. The molecular weight excluding hydrogens is 294 g/mol. The Morgan fingerprint density at radius 3 is 2.32 bits per heavy atom.